The average molecular weight is 465 g/mol. The van der Waals surface area contributed by atoms with Crippen LogP contribution in [0.5, 0.6) is 5.75 Å². The fraction of sp³-hybridized carbons (Fsp3) is 0.370. The Kier molecular flexibility index (Phi) is 9.26. The number of hydrogen-bond donors (Lipinski definition) is 1. The Balaban J connectivity index is 1.52. The standard InChI is InChI=1S/C27H32N2O5/c1-4-5-16-33-29-19(2)24(27(30)31)18-21-11-13-23(14-12-21)32-17-15-25-20(3)34-26(28-25)22-9-7-6-8-10-22/h6-14,24H,4-5,15-18H2,1-3H3,(H,30,31)/b29-19-. The molecule has 2 aromatic carbocycles. The number of rotatable bonds is 13. The lowest BCUT2D eigenvalue weighted by atomic mass is 9.95. The van der Waals surface area contributed by atoms with E-state index in [-0.39, 0.29) is 0 Å². The summed E-state index contributed by atoms with van der Waals surface area (Å²) in [6, 6.07) is 17.3. The largest absolute Gasteiger partial charge is 0.493 e. The Morgan fingerprint density at radius 3 is 2.53 bits per heavy atom. The van der Waals surface area contributed by atoms with Gasteiger partial charge in [0.1, 0.15) is 24.0 Å². The number of carbonyl (C=O) groups is 1. The molecule has 1 atom stereocenters. The van der Waals surface area contributed by atoms with Gasteiger partial charge in [-0.1, -0.05) is 48.8 Å². The number of benzene rings is 2. The van der Waals surface area contributed by atoms with Crippen LogP contribution in [-0.2, 0) is 22.5 Å². The number of hydrogen-bond acceptors (Lipinski definition) is 6. The van der Waals surface area contributed by atoms with Gasteiger partial charge in [-0.2, -0.15) is 0 Å². The van der Waals surface area contributed by atoms with Crippen LogP contribution in [0.3, 0.4) is 0 Å². The summed E-state index contributed by atoms with van der Waals surface area (Å²) in [6.07, 6.45) is 2.85. The van der Waals surface area contributed by atoms with Crippen molar-refractivity contribution >= 4 is 11.7 Å². The maximum absolute atomic E-state index is 11.7. The number of nitrogens with zero attached hydrogens (tertiary/aromatic N) is 2. The van der Waals surface area contributed by atoms with E-state index in [0.717, 1.165) is 35.4 Å². The van der Waals surface area contributed by atoms with Crippen molar-refractivity contribution in [2.24, 2.45) is 11.1 Å². The van der Waals surface area contributed by atoms with Crippen molar-refractivity contribution in [1.29, 1.82) is 0 Å². The Bertz CT molecular complexity index is 1070. The van der Waals surface area contributed by atoms with Gasteiger partial charge in [0.05, 0.1) is 18.0 Å². The van der Waals surface area contributed by atoms with Crippen molar-refractivity contribution < 1.29 is 23.9 Å². The number of unbranched alkanes of at least 4 members (excludes halogenated alkanes) is 1. The SMILES string of the molecule is CCCCO/N=C(/C)C(Cc1ccc(OCCc2nc(-c3ccccc3)oc2C)cc1)C(=O)O. The van der Waals surface area contributed by atoms with Gasteiger partial charge in [-0.3, -0.25) is 4.79 Å². The minimum absolute atomic E-state index is 0.336. The smallest absolute Gasteiger partial charge is 0.312 e. The highest BCUT2D eigenvalue weighted by Crippen LogP contribution is 2.22. The molecule has 7 nitrogen and oxygen atoms in total. The highest BCUT2D eigenvalue weighted by molar-refractivity contribution is 6.00. The van der Waals surface area contributed by atoms with Gasteiger partial charge < -0.3 is 19.1 Å². The number of carboxylic acid groups (broad SMARTS) is 1. The summed E-state index contributed by atoms with van der Waals surface area (Å²) in [7, 11) is 0. The monoisotopic (exact) mass is 464 g/mol. The summed E-state index contributed by atoms with van der Waals surface area (Å²) in [5, 5.41) is 13.6. The van der Waals surface area contributed by atoms with E-state index < -0.39 is 11.9 Å². The second-order valence-corrected chi connectivity index (χ2v) is 8.14. The summed E-state index contributed by atoms with van der Waals surface area (Å²) >= 11 is 0. The molecule has 0 aliphatic rings. The Morgan fingerprint density at radius 1 is 1.12 bits per heavy atom. The molecule has 0 spiro atoms. The van der Waals surface area contributed by atoms with Gasteiger partial charge in [-0.05, 0) is 56.5 Å². The zero-order valence-electron chi connectivity index (χ0n) is 20.0. The summed E-state index contributed by atoms with van der Waals surface area (Å²) in [4.78, 5) is 21.6. The molecule has 1 N–H and O–H groups in total. The molecule has 34 heavy (non-hydrogen) atoms. The normalized spacial score (nSPS) is 12.4. The lowest BCUT2D eigenvalue weighted by Crippen LogP contribution is -2.24. The molecule has 1 unspecified atom stereocenters. The maximum atomic E-state index is 11.7. The van der Waals surface area contributed by atoms with E-state index in [1.807, 2.05) is 61.5 Å². The van der Waals surface area contributed by atoms with Gasteiger partial charge in [0.25, 0.3) is 0 Å². The first-order chi connectivity index (χ1) is 16.5. The van der Waals surface area contributed by atoms with Crippen LogP contribution in [0.25, 0.3) is 11.5 Å². The van der Waals surface area contributed by atoms with Gasteiger partial charge in [0, 0.05) is 12.0 Å². The van der Waals surface area contributed by atoms with E-state index in [4.69, 9.17) is 14.0 Å². The molecule has 1 aromatic heterocycles. The van der Waals surface area contributed by atoms with Crippen molar-refractivity contribution in [1.82, 2.24) is 4.98 Å². The van der Waals surface area contributed by atoms with Crippen LogP contribution in [0.2, 0.25) is 0 Å². The van der Waals surface area contributed by atoms with E-state index in [1.165, 1.54) is 0 Å². The molecule has 0 fully saturated rings. The Labute approximate surface area is 200 Å². The summed E-state index contributed by atoms with van der Waals surface area (Å²) in [5.74, 6) is 0.461. The molecule has 0 bridgehead atoms. The Hall–Kier alpha value is -3.61. The van der Waals surface area contributed by atoms with E-state index in [9.17, 15) is 9.90 Å². The fourth-order valence-electron chi connectivity index (χ4n) is 3.42. The number of oxazole rings is 1. The molecular weight excluding hydrogens is 432 g/mol. The zero-order valence-corrected chi connectivity index (χ0v) is 20.0. The third kappa shape index (κ3) is 7.20. The molecular formula is C27H32N2O5. The van der Waals surface area contributed by atoms with Crippen LogP contribution in [0, 0.1) is 12.8 Å². The number of aromatic nitrogens is 1. The van der Waals surface area contributed by atoms with Crippen molar-refractivity contribution in [3.63, 3.8) is 0 Å². The zero-order chi connectivity index (χ0) is 24.3. The number of aliphatic carboxylic acids is 1. The second-order valence-electron chi connectivity index (χ2n) is 8.14. The van der Waals surface area contributed by atoms with Gasteiger partial charge in [-0.15, -0.1) is 0 Å². The van der Waals surface area contributed by atoms with Crippen molar-refractivity contribution in [3.8, 4) is 17.2 Å². The third-order valence-electron chi connectivity index (χ3n) is 5.48. The van der Waals surface area contributed by atoms with Crippen LogP contribution < -0.4 is 4.74 Å². The number of carboxylic acids is 1. The summed E-state index contributed by atoms with van der Waals surface area (Å²) < 4.78 is 11.7. The quantitative estimate of drug-likeness (QED) is 0.198. The molecule has 0 amide bonds. The molecule has 0 aliphatic carbocycles. The summed E-state index contributed by atoms with van der Waals surface area (Å²) in [6.45, 7) is 6.61. The molecule has 0 saturated heterocycles. The molecule has 0 radical (unpaired) electrons. The Morgan fingerprint density at radius 2 is 1.85 bits per heavy atom. The molecule has 1 heterocycles. The van der Waals surface area contributed by atoms with Crippen LogP contribution in [-0.4, -0.2) is 35.0 Å². The van der Waals surface area contributed by atoms with Gasteiger partial charge in [0.15, 0.2) is 0 Å². The predicted octanol–water partition coefficient (Wildman–Crippen LogP) is 5.71. The van der Waals surface area contributed by atoms with E-state index in [0.29, 0.717) is 43.4 Å². The predicted molar refractivity (Wildman–Crippen MR) is 131 cm³/mol. The number of oxime groups is 1. The van der Waals surface area contributed by atoms with Crippen LogP contribution in [0.4, 0.5) is 0 Å². The third-order valence-corrected chi connectivity index (χ3v) is 5.48. The minimum atomic E-state index is -0.918. The molecule has 3 aromatic rings. The second kappa shape index (κ2) is 12.6. The van der Waals surface area contributed by atoms with Gasteiger partial charge in [-0.25, -0.2) is 4.98 Å². The van der Waals surface area contributed by atoms with Crippen LogP contribution in [0.1, 0.15) is 43.7 Å². The molecule has 3 rings (SSSR count). The number of aryl methyl sites for hydroxylation is 1. The first-order valence-electron chi connectivity index (χ1n) is 11.6. The van der Waals surface area contributed by atoms with Crippen molar-refractivity contribution in [2.45, 2.75) is 46.5 Å². The lowest BCUT2D eigenvalue weighted by molar-refractivity contribution is -0.139. The minimum Gasteiger partial charge on any atom is -0.493 e. The van der Waals surface area contributed by atoms with Gasteiger partial charge >= 0.3 is 5.97 Å². The van der Waals surface area contributed by atoms with E-state index in [2.05, 4.69) is 17.1 Å². The maximum Gasteiger partial charge on any atom is 0.312 e. The lowest BCUT2D eigenvalue weighted by Gasteiger charge is -2.13. The molecule has 180 valence electrons. The first kappa shape index (κ1) is 25.0. The topological polar surface area (TPSA) is 94.2 Å². The fourth-order valence-corrected chi connectivity index (χ4v) is 3.42. The van der Waals surface area contributed by atoms with E-state index in [1.54, 1.807) is 6.92 Å². The number of ether oxygens (including phenoxy) is 1. The van der Waals surface area contributed by atoms with Crippen LogP contribution in [0.15, 0.2) is 64.2 Å². The average Bonchev–Trinajstić information content (AvgIpc) is 3.22. The van der Waals surface area contributed by atoms with Crippen molar-refractivity contribution in [2.75, 3.05) is 13.2 Å². The van der Waals surface area contributed by atoms with Crippen LogP contribution >= 0.6 is 0 Å². The summed E-state index contributed by atoms with van der Waals surface area (Å²) in [5.41, 5.74) is 3.17. The molecule has 7 heteroatoms. The molecule has 0 saturated carbocycles. The first-order valence-corrected chi connectivity index (χ1v) is 11.6. The highest BCUT2D eigenvalue weighted by Gasteiger charge is 2.22. The van der Waals surface area contributed by atoms with Gasteiger partial charge in [0.2, 0.25) is 5.89 Å². The van der Waals surface area contributed by atoms with Crippen molar-refractivity contribution in [3.05, 3.63) is 71.6 Å². The van der Waals surface area contributed by atoms with E-state index >= 15 is 0 Å². The molecule has 0 aliphatic heterocycles. The highest BCUT2D eigenvalue weighted by atomic mass is 16.6.